The Kier molecular flexibility index (Phi) is 4.78. The average molecular weight is 238 g/mol. The number of nitrogens with zero attached hydrogens (tertiary/aromatic N) is 1. The summed E-state index contributed by atoms with van der Waals surface area (Å²) in [5.74, 6) is 0.285. The Morgan fingerprint density at radius 1 is 1.41 bits per heavy atom. The van der Waals surface area contributed by atoms with Crippen molar-refractivity contribution in [1.82, 2.24) is 4.90 Å². The van der Waals surface area contributed by atoms with Crippen LogP contribution in [0.25, 0.3) is 0 Å². The van der Waals surface area contributed by atoms with Gasteiger partial charge in [-0.2, -0.15) is 0 Å². The number of benzene rings is 1. The van der Waals surface area contributed by atoms with Gasteiger partial charge in [-0.3, -0.25) is 4.79 Å². The second kappa shape index (κ2) is 6.10. The number of carbonyl (C=O) groups is 1. The van der Waals surface area contributed by atoms with Crippen molar-refractivity contribution in [1.29, 1.82) is 0 Å². The second-order valence-corrected chi connectivity index (χ2v) is 3.65. The van der Waals surface area contributed by atoms with Crippen LogP contribution in [0.1, 0.15) is 10.4 Å². The molecule has 1 aromatic carbocycles. The molecule has 94 valence electrons. The molecule has 0 atom stereocenters. The SMILES string of the molecule is COCCN(C)C(=O)c1cccc(N)c1OC. The standard InChI is InChI=1S/C12H18N2O3/c1-14(7-8-16-2)12(15)9-5-4-6-10(13)11(9)17-3/h4-6H,7-8,13H2,1-3H3. The molecule has 0 aliphatic heterocycles. The first-order chi connectivity index (χ1) is 8.11. The zero-order chi connectivity index (χ0) is 12.8. The molecule has 0 aliphatic carbocycles. The summed E-state index contributed by atoms with van der Waals surface area (Å²) in [6.07, 6.45) is 0. The van der Waals surface area contributed by atoms with Gasteiger partial charge in [0.15, 0.2) is 5.75 Å². The lowest BCUT2D eigenvalue weighted by Gasteiger charge is -2.18. The topological polar surface area (TPSA) is 64.8 Å². The maximum Gasteiger partial charge on any atom is 0.257 e. The number of hydrogen-bond donors (Lipinski definition) is 1. The third-order valence-electron chi connectivity index (χ3n) is 2.46. The molecule has 0 saturated carbocycles. The summed E-state index contributed by atoms with van der Waals surface area (Å²) in [6.45, 7) is 1.01. The normalized spacial score (nSPS) is 10.1. The van der Waals surface area contributed by atoms with E-state index in [4.69, 9.17) is 15.2 Å². The summed E-state index contributed by atoms with van der Waals surface area (Å²) in [7, 11) is 4.81. The molecule has 0 radical (unpaired) electrons. The Hall–Kier alpha value is -1.75. The van der Waals surface area contributed by atoms with Crippen LogP contribution in [0.3, 0.4) is 0 Å². The molecule has 0 spiro atoms. The van der Waals surface area contributed by atoms with Gasteiger partial charge in [-0.15, -0.1) is 0 Å². The minimum absolute atomic E-state index is 0.133. The number of hydrogen-bond acceptors (Lipinski definition) is 4. The molecule has 5 heteroatoms. The van der Waals surface area contributed by atoms with Gasteiger partial charge in [0.1, 0.15) is 0 Å². The van der Waals surface area contributed by atoms with Crippen molar-refractivity contribution in [3.8, 4) is 5.75 Å². The first-order valence-electron chi connectivity index (χ1n) is 5.28. The highest BCUT2D eigenvalue weighted by Gasteiger charge is 2.17. The van der Waals surface area contributed by atoms with Crippen molar-refractivity contribution in [3.05, 3.63) is 23.8 Å². The first kappa shape index (κ1) is 13.3. The monoisotopic (exact) mass is 238 g/mol. The number of rotatable bonds is 5. The Labute approximate surface area is 101 Å². The van der Waals surface area contributed by atoms with E-state index in [0.717, 1.165) is 0 Å². The zero-order valence-electron chi connectivity index (χ0n) is 10.4. The Bertz CT molecular complexity index is 393. The van der Waals surface area contributed by atoms with E-state index >= 15 is 0 Å². The van der Waals surface area contributed by atoms with E-state index in [1.54, 1.807) is 37.3 Å². The average Bonchev–Trinajstić information content (AvgIpc) is 2.34. The van der Waals surface area contributed by atoms with Crippen LogP contribution in [0, 0.1) is 0 Å². The highest BCUT2D eigenvalue weighted by atomic mass is 16.5. The number of methoxy groups -OCH3 is 2. The third kappa shape index (κ3) is 3.10. The number of para-hydroxylation sites is 1. The number of anilines is 1. The lowest BCUT2D eigenvalue weighted by molar-refractivity contribution is 0.0741. The lowest BCUT2D eigenvalue weighted by Crippen LogP contribution is -2.30. The summed E-state index contributed by atoms with van der Waals surface area (Å²) in [6, 6.07) is 5.13. The summed E-state index contributed by atoms with van der Waals surface area (Å²) >= 11 is 0. The van der Waals surface area contributed by atoms with E-state index < -0.39 is 0 Å². The molecule has 0 saturated heterocycles. The van der Waals surface area contributed by atoms with E-state index in [2.05, 4.69) is 0 Å². The van der Waals surface area contributed by atoms with Crippen LogP contribution in [-0.4, -0.2) is 45.2 Å². The van der Waals surface area contributed by atoms with Crippen LogP contribution in [-0.2, 0) is 4.74 Å². The number of nitrogen functional groups attached to an aromatic ring is 1. The Balaban J connectivity index is 2.92. The minimum atomic E-state index is -0.133. The van der Waals surface area contributed by atoms with Gasteiger partial charge in [-0.1, -0.05) is 6.07 Å². The fourth-order valence-electron chi connectivity index (χ4n) is 1.49. The highest BCUT2D eigenvalue weighted by molar-refractivity contribution is 5.98. The van der Waals surface area contributed by atoms with Crippen LogP contribution < -0.4 is 10.5 Å². The molecule has 0 aliphatic rings. The second-order valence-electron chi connectivity index (χ2n) is 3.65. The quantitative estimate of drug-likeness (QED) is 0.777. The number of amides is 1. The van der Waals surface area contributed by atoms with Crippen LogP contribution in [0.5, 0.6) is 5.75 Å². The van der Waals surface area contributed by atoms with Gasteiger partial charge in [-0.05, 0) is 12.1 Å². The number of nitrogens with two attached hydrogens (primary N) is 1. The Morgan fingerprint density at radius 2 is 2.12 bits per heavy atom. The third-order valence-corrected chi connectivity index (χ3v) is 2.46. The largest absolute Gasteiger partial charge is 0.494 e. The molecule has 0 fully saturated rings. The molecule has 5 nitrogen and oxygen atoms in total. The molecule has 0 bridgehead atoms. The van der Waals surface area contributed by atoms with Crippen molar-refractivity contribution in [2.75, 3.05) is 40.2 Å². The molecule has 1 aromatic rings. The van der Waals surface area contributed by atoms with Gasteiger partial charge >= 0.3 is 0 Å². The van der Waals surface area contributed by atoms with Gasteiger partial charge < -0.3 is 20.1 Å². The van der Waals surface area contributed by atoms with Crippen molar-refractivity contribution in [2.24, 2.45) is 0 Å². The predicted molar refractivity (Wildman–Crippen MR) is 66.2 cm³/mol. The van der Waals surface area contributed by atoms with E-state index in [0.29, 0.717) is 30.2 Å². The Morgan fingerprint density at radius 3 is 2.71 bits per heavy atom. The lowest BCUT2D eigenvalue weighted by atomic mass is 10.1. The van der Waals surface area contributed by atoms with Crippen molar-refractivity contribution >= 4 is 11.6 Å². The van der Waals surface area contributed by atoms with Gasteiger partial charge in [0, 0.05) is 20.7 Å². The fourth-order valence-corrected chi connectivity index (χ4v) is 1.49. The van der Waals surface area contributed by atoms with E-state index in [-0.39, 0.29) is 5.91 Å². The molecule has 0 aromatic heterocycles. The van der Waals surface area contributed by atoms with Crippen LogP contribution in [0.2, 0.25) is 0 Å². The molecule has 1 amide bonds. The highest BCUT2D eigenvalue weighted by Crippen LogP contribution is 2.26. The smallest absolute Gasteiger partial charge is 0.257 e. The molecule has 0 heterocycles. The number of carbonyl (C=O) groups excluding carboxylic acids is 1. The molecular formula is C12H18N2O3. The van der Waals surface area contributed by atoms with Crippen LogP contribution >= 0.6 is 0 Å². The van der Waals surface area contributed by atoms with Crippen LogP contribution in [0.15, 0.2) is 18.2 Å². The fraction of sp³-hybridized carbons (Fsp3) is 0.417. The number of likely N-dealkylation sites (N-methyl/N-ethyl adjacent to an activating group) is 1. The van der Waals surface area contributed by atoms with E-state index in [9.17, 15) is 4.79 Å². The van der Waals surface area contributed by atoms with Crippen LogP contribution in [0.4, 0.5) is 5.69 Å². The summed E-state index contributed by atoms with van der Waals surface area (Å²) in [5.41, 5.74) is 6.67. The van der Waals surface area contributed by atoms with Crippen molar-refractivity contribution in [2.45, 2.75) is 0 Å². The predicted octanol–water partition coefficient (Wildman–Crippen LogP) is 0.996. The molecule has 17 heavy (non-hydrogen) atoms. The summed E-state index contributed by atoms with van der Waals surface area (Å²) in [5, 5.41) is 0. The van der Waals surface area contributed by atoms with Crippen molar-refractivity contribution < 1.29 is 14.3 Å². The maximum atomic E-state index is 12.1. The summed E-state index contributed by atoms with van der Waals surface area (Å²) in [4.78, 5) is 13.7. The van der Waals surface area contributed by atoms with E-state index in [1.807, 2.05) is 0 Å². The number of ether oxygens (including phenoxy) is 2. The zero-order valence-corrected chi connectivity index (χ0v) is 10.4. The van der Waals surface area contributed by atoms with Gasteiger partial charge in [0.05, 0.1) is 25.0 Å². The van der Waals surface area contributed by atoms with Gasteiger partial charge in [0.25, 0.3) is 5.91 Å². The van der Waals surface area contributed by atoms with Crippen molar-refractivity contribution in [3.63, 3.8) is 0 Å². The van der Waals surface area contributed by atoms with Gasteiger partial charge in [0.2, 0.25) is 0 Å². The van der Waals surface area contributed by atoms with E-state index in [1.165, 1.54) is 7.11 Å². The summed E-state index contributed by atoms with van der Waals surface area (Å²) < 4.78 is 10.1. The molecule has 1 rings (SSSR count). The van der Waals surface area contributed by atoms with Gasteiger partial charge in [-0.25, -0.2) is 0 Å². The molecular weight excluding hydrogens is 220 g/mol. The molecule has 0 unspecified atom stereocenters. The first-order valence-corrected chi connectivity index (χ1v) is 5.28. The maximum absolute atomic E-state index is 12.1. The minimum Gasteiger partial charge on any atom is -0.494 e. The molecule has 2 N–H and O–H groups in total.